The summed E-state index contributed by atoms with van der Waals surface area (Å²) in [6.07, 6.45) is -3.42. The number of carbonyl (C=O) groups excluding carboxylic acids is 2. The van der Waals surface area contributed by atoms with E-state index in [9.17, 15) is 22.8 Å². The topological polar surface area (TPSA) is 109 Å². The number of hydrogen-bond donors (Lipinski definition) is 4. The molecule has 5 N–H and O–H groups in total. The number of nitrogens with one attached hydrogen (secondary N) is 3. The largest absolute Gasteiger partial charge is 0.405 e. The number of halogens is 3. The van der Waals surface area contributed by atoms with E-state index in [0.29, 0.717) is 37.4 Å². The number of nitrogens with zero attached hydrogens (tertiary/aromatic N) is 1. The molecule has 1 aliphatic heterocycles. The van der Waals surface area contributed by atoms with Crippen LogP contribution in [-0.4, -0.2) is 31.1 Å². The maximum atomic E-state index is 12.3. The molecular weight excluding hydrogens is 439 g/mol. The summed E-state index contributed by atoms with van der Waals surface area (Å²) in [6.45, 7) is -0.483. The van der Waals surface area contributed by atoms with Gasteiger partial charge in [-0.05, 0) is 42.7 Å². The van der Waals surface area contributed by atoms with Gasteiger partial charge in [0.15, 0.2) is 0 Å². The number of ether oxygens (including phenoxy) is 1. The second-order valence-corrected chi connectivity index (χ2v) is 7.24. The normalized spacial score (nSPS) is 13.7. The van der Waals surface area contributed by atoms with Gasteiger partial charge < -0.3 is 15.8 Å². The van der Waals surface area contributed by atoms with Gasteiger partial charge in [-0.1, -0.05) is 30.3 Å². The SMILES string of the molecule is NC(=O)C1=C(CCCOCc2ccccc2)N(c2ccc(C(=O)NCC(F)(F)F)cc2)NN1. The van der Waals surface area contributed by atoms with E-state index in [-0.39, 0.29) is 11.3 Å². The highest BCUT2D eigenvalue weighted by molar-refractivity contribution is 5.95. The Morgan fingerprint density at radius 3 is 2.39 bits per heavy atom. The molecule has 11 heteroatoms. The van der Waals surface area contributed by atoms with E-state index in [1.807, 2.05) is 35.6 Å². The highest BCUT2D eigenvalue weighted by atomic mass is 19.4. The van der Waals surface area contributed by atoms with Gasteiger partial charge in [0.25, 0.3) is 11.8 Å². The maximum Gasteiger partial charge on any atom is 0.405 e. The molecular formula is C22H24F3N5O3. The zero-order valence-electron chi connectivity index (χ0n) is 17.6. The van der Waals surface area contributed by atoms with Crippen molar-refractivity contribution in [2.75, 3.05) is 18.2 Å². The molecule has 8 nitrogen and oxygen atoms in total. The number of nitrogens with two attached hydrogens (primary N) is 1. The quantitative estimate of drug-likeness (QED) is 0.403. The van der Waals surface area contributed by atoms with Crippen molar-refractivity contribution in [1.29, 1.82) is 0 Å². The second kappa shape index (κ2) is 10.8. The Morgan fingerprint density at radius 1 is 1.06 bits per heavy atom. The van der Waals surface area contributed by atoms with Crippen molar-refractivity contribution in [3.05, 3.63) is 77.1 Å². The van der Waals surface area contributed by atoms with Crippen LogP contribution in [0.25, 0.3) is 0 Å². The number of allylic oxidation sites excluding steroid dienone is 1. The van der Waals surface area contributed by atoms with Crippen molar-refractivity contribution in [1.82, 2.24) is 16.3 Å². The van der Waals surface area contributed by atoms with Gasteiger partial charge in [0.05, 0.1) is 18.0 Å². The lowest BCUT2D eigenvalue weighted by Crippen LogP contribution is -2.39. The highest BCUT2D eigenvalue weighted by Crippen LogP contribution is 2.25. The average Bonchev–Trinajstić information content (AvgIpc) is 3.22. The maximum absolute atomic E-state index is 12.3. The van der Waals surface area contributed by atoms with Gasteiger partial charge in [0.1, 0.15) is 12.2 Å². The Hall–Kier alpha value is -3.57. The third-order valence-corrected chi connectivity index (χ3v) is 4.75. The van der Waals surface area contributed by atoms with Crippen LogP contribution in [0.4, 0.5) is 18.9 Å². The molecule has 2 amide bonds. The van der Waals surface area contributed by atoms with Crippen LogP contribution in [-0.2, 0) is 16.1 Å². The van der Waals surface area contributed by atoms with Crippen LogP contribution in [0.2, 0.25) is 0 Å². The lowest BCUT2D eigenvalue weighted by atomic mass is 10.1. The summed E-state index contributed by atoms with van der Waals surface area (Å²) < 4.78 is 42.6. The molecule has 0 saturated heterocycles. The lowest BCUT2D eigenvalue weighted by Gasteiger charge is -2.21. The molecule has 0 fully saturated rings. The van der Waals surface area contributed by atoms with Crippen molar-refractivity contribution in [2.24, 2.45) is 5.73 Å². The van der Waals surface area contributed by atoms with Gasteiger partial charge in [0, 0.05) is 12.2 Å². The minimum atomic E-state index is -4.49. The Morgan fingerprint density at radius 2 is 1.76 bits per heavy atom. The lowest BCUT2D eigenvalue weighted by molar-refractivity contribution is -0.123. The number of hydrazine groups is 2. The monoisotopic (exact) mass is 463 g/mol. The van der Waals surface area contributed by atoms with E-state index in [1.54, 1.807) is 17.1 Å². The predicted molar refractivity (Wildman–Crippen MR) is 115 cm³/mol. The molecule has 1 heterocycles. The first-order valence-electron chi connectivity index (χ1n) is 10.2. The van der Waals surface area contributed by atoms with Crippen LogP contribution in [0.5, 0.6) is 0 Å². The minimum absolute atomic E-state index is 0.0742. The third kappa shape index (κ3) is 6.96. The minimum Gasteiger partial charge on any atom is -0.377 e. The van der Waals surface area contributed by atoms with Crippen molar-refractivity contribution in [3.63, 3.8) is 0 Å². The first kappa shape index (κ1) is 24.1. The van der Waals surface area contributed by atoms with Crippen molar-refractivity contribution in [3.8, 4) is 0 Å². The fourth-order valence-electron chi connectivity index (χ4n) is 3.17. The van der Waals surface area contributed by atoms with E-state index in [0.717, 1.165) is 5.56 Å². The molecule has 33 heavy (non-hydrogen) atoms. The van der Waals surface area contributed by atoms with Crippen LogP contribution < -0.4 is 27.0 Å². The molecule has 0 saturated carbocycles. The first-order chi connectivity index (χ1) is 15.7. The summed E-state index contributed by atoms with van der Waals surface area (Å²) in [5.41, 5.74) is 13.5. The van der Waals surface area contributed by atoms with Crippen molar-refractivity contribution >= 4 is 17.5 Å². The average molecular weight is 463 g/mol. The Kier molecular flexibility index (Phi) is 7.91. The number of hydrogen-bond acceptors (Lipinski definition) is 6. The van der Waals surface area contributed by atoms with Gasteiger partial charge >= 0.3 is 6.18 Å². The third-order valence-electron chi connectivity index (χ3n) is 4.75. The molecule has 0 spiro atoms. The summed E-state index contributed by atoms with van der Waals surface area (Å²) in [6, 6.07) is 15.6. The summed E-state index contributed by atoms with van der Waals surface area (Å²) in [7, 11) is 0. The molecule has 3 rings (SSSR count). The van der Waals surface area contributed by atoms with Crippen molar-refractivity contribution < 1.29 is 27.5 Å². The molecule has 0 unspecified atom stereocenters. The van der Waals surface area contributed by atoms with E-state index in [1.165, 1.54) is 12.1 Å². The van der Waals surface area contributed by atoms with Crippen LogP contribution >= 0.6 is 0 Å². The number of benzene rings is 2. The number of alkyl halides is 3. The Bertz CT molecular complexity index is 995. The van der Waals surface area contributed by atoms with Crippen LogP contribution in [0.15, 0.2) is 66.0 Å². The van der Waals surface area contributed by atoms with E-state index < -0.39 is 24.5 Å². The number of rotatable bonds is 10. The smallest absolute Gasteiger partial charge is 0.377 e. The van der Waals surface area contributed by atoms with Crippen LogP contribution in [0, 0.1) is 0 Å². The molecule has 176 valence electrons. The summed E-state index contributed by atoms with van der Waals surface area (Å²) in [5.74, 6) is -1.48. The zero-order valence-corrected chi connectivity index (χ0v) is 17.6. The summed E-state index contributed by atoms with van der Waals surface area (Å²) >= 11 is 0. The molecule has 1 aliphatic rings. The van der Waals surface area contributed by atoms with Gasteiger partial charge in [0.2, 0.25) is 0 Å². The first-order valence-corrected chi connectivity index (χ1v) is 10.2. The van der Waals surface area contributed by atoms with Gasteiger partial charge in [-0.15, -0.1) is 5.53 Å². The van der Waals surface area contributed by atoms with Gasteiger partial charge in [-0.2, -0.15) is 13.2 Å². The Labute approximate surface area is 188 Å². The van der Waals surface area contributed by atoms with Crippen LogP contribution in [0.3, 0.4) is 0 Å². The summed E-state index contributed by atoms with van der Waals surface area (Å²) in [5, 5.41) is 3.41. The molecule has 0 radical (unpaired) electrons. The van der Waals surface area contributed by atoms with E-state index in [4.69, 9.17) is 10.5 Å². The summed E-state index contributed by atoms with van der Waals surface area (Å²) in [4.78, 5) is 23.7. The Balaban J connectivity index is 1.60. The van der Waals surface area contributed by atoms with Crippen LogP contribution in [0.1, 0.15) is 28.8 Å². The molecule has 2 aromatic carbocycles. The molecule has 2 aromatic rings. The highest BCUT2D eigenvalue weighted by Gasteiger charge is 2.28. The number of anilines is 1. The second-order valence-electron chi connectivity index (χ2n) is 7.24. The van der Waals surface area contributed by atoms with Gasteiger partial charge in [-0.3, -0.25) is 20.0 Å². The fraction of sp³-hybridized carbons (Fsp3) is 0.273. The predicted octanol–water partition coefficient (Wildman–Crippen LogP) is 2.50. The number of primary amides is 1. The van der Waals surface area contributed by atoms with Crippen molar-refractivity contribution in [2.45, 2.75) is 25.6 Å². The van der Waals surface area contributed by atoms with Gasteiger partial charge in [-0.25, -0.2) is 0 Å². The molecule has 0 atom stereocenters. The molecule has 0 bridgehead atoms. The number of amides is 2. The molecule has 0 aromatic heterocycles. The number of carbonyl (C=O) groups is 2. The zero-order chi connectivity index (χ0) is 23.8. The fourth-order valence-corrected chi connectivity index (χ4v) is 3.17. The molecule has 0 aliphatic carbocycles. The standard InChI is InChI=1S/C22H24F3N5O3/c23-22(24,25)14-27-21(32)16-8-10-17(11-9-16)30-18(19(20(26)31)28-29-30)7-4-12-33-13-15-5-2-1-3-6-15/h1-3,5-6,8-11,28-29H,4,7,12-14H2,(H2,26,31)(H,27,32). The van der Waals surface area contributed by atoms with E-state index in [2.05, 4.69) is 11.0 Å². The van der Waals surface area contributed by atoms with E-state index >= 15 is 0 Å².